The van der Waals surface area contributed by atoms with E-state index >= 15 is 0 Å². The van der Waals surface area contributed by atoms with Gasteiger partial charge in [0, 0.05) is 28.9 Å². The molecule has 1 N–H and O–H groups in total. The van der Waals surface area contributed by atoms with Crippen LogP contribution in [0.5, 0.6) is 5.75 Å². The molecule has 2 heterocycles. The van der Waals surface area contributed by atoms with E-state index in [9.17, 15) is 4.79 Å². The lowest BCUT2D eigenvalue weighted by molar-refractivity contribution is 0.0956. The van der Waals surface area contributed by atoms with Gasteiger partial charge in [-0.15, -0.1) is 0 Å². The van der Waals surface area contributed by atoms with E-state index in [4.69, 9.17) is 9.72 Å². The number of hydrogen-bond acceptors (Lipinski definition) is 5. The Morgan fingerprint density at radius 1 is 1.10 bits per heavy atom. The van der Waals surface area contributed by atoms with E-state index in [2.05, 4.69) is 15.5 Å². The molecular formula is C24H20N4O2. The fourth-order valence-electron chi connectivity index (χ4n) is 3.14. The summed E-state index contributed by atoms with van der Waals surface area (Å²) in [5.41, 5.74) is 6.11. The van der Waals surface area contributed by atoms with Crippen molar-refractivity contribution in [3.05, 3.63) is 90.3 Å². The number of pyridine rings is 2. The lowest BCUT2D eigenvalue weighted by atomic mass is 10.0. The van der Waals surface area contributed by atoms with Crippen molar-refractivity contribution in [2.45, 2.75) is 6.92 Å². The van der Waals surface area contributed by atoms with Gasteiger partial charge in [0.2, 0.25) is 0 Å². The van der Waals surface area contributed by atoms with Crippen molar-refractivity contribution in [2.24, 2.45) is 5.10 Å². The first-order valence-corrected chi connectivity index (χ1v) is 9.61. The van der Waals surface area contributed by atoms with Gasteiger partial charge in [-0.05, 0) is 37.3 Å². The van der Waals surface area contributed by atoms with E-state index in [0.717, 1.165) is 27.8 Å². The highest BCUT2D eigenvalue weighted by atomic mass is 16.5. The summed E-state index contributed by atoms with van der Waals surface area (Å²) in [4.78, 5) is 21.7. The first kappa shape index (κ1) is 19.3. The summed E-state index contributed by atoms with van der Waals surface area (Å²) < 4.78 is 5.75. The number of para-hydroxylation sites is 2. The van der Waals surface area contributed by atoms with Crippen molar-refractivity contribution in [3.8, 4) is 17.0 Å². The van der Waals surface area contributed by atoms with E-state index < -0.39 is 0 Å². The van der Waals surface area contributed by atoms with Gasteiger partial charge in [-0.25, -0.2) is 10.4 Å². The SMILES string of the molecule is CCOc1ccccc1-c1cc(C(=O)N/N=C\c2cccnc2)c2ccccc2n1. The second-order valence-electron chi connectivity index (χ2n) is 6.49. The number of amides is 1. The summed E-state index contributed by atoms with van der Waals surface area (Å²) in [5, 5.41) is 4.82. The van der Waals surface area contributed by atoms with Crippen molar-refractivity contribution in [2.75, 3.05) is 6.61 Å². The quantitative estimate of drug-likeness (QED) is 0.386. The Bertz CT molecular complexity index is 1210. The number of ether oxygens (including phenoxy) is 1. The molecule has 0 radical (unpaired) electrons. The molecule has 4 rings (SSSR count). The highest BCUT2D eigenvalue weighted by Crippen LogP contribution is 2.31. The number of nitrogens with one attached hydrogen (secondary N) is 1. The summed E-state index contributed by atoms with van der Waals surface area (Å²) in [6.07, 6.45) is 4.90. The van der Waals surface area contributed by atoms with Crippen LogP contribution in [0.15, 0.2) is 84.2 Å². The van der Waals surface area contributed by atoms with E-state index in [1.54, 1.807) is 24.7 Å². The average molecular weight is 396 g/mol. The van der Waals surface area contributed by atoms with Gasteiger partial charge in [-0.2, -0.15) is 5.10 Å². The molecule has 0 atom stereocenters. The number of hydrogen-bond donors (Lipinski definition) is 1. The van der Waals surface area contributed by atoms with Gasteiger partial charge in [-0.1, -0.05) is 36.4 Å². The molecule has 148 valence electrons. The Morgan fingerprint density at radius 3 is 2.77 bits per heavy atom. The van der Waals surface area contributed by atoms with Crippen LogP contribution < -0.4 is 10.2 Å². The molecule has 0 saturated heterocycles. The number of aromatic nitrogens is 2. The number of carbonyl (C=O) groups excluding carboxylic acids is 1. The maximum absolute atomic E-state index is 12.9. The third kappa shape index (κ3) is 4.17. The van der Waals surface area contributed by atoms with Crippen LogP contribution in [0.4, 0.5) is 0 Å². The normalized spacial score (nSPS) is 11.0. The Kier molecular flexibility index (Phi) is 5.75. The molecule has 2 aromatic carbocycles. The van der Waals surface area contributed by atoms with Gasteiger partial charge in [0.25, 0.3) is 5.91 Å². The molecule has 0 bridgehead atoms. The maximum Gasteiger partial charge on any atom is 0.272 e. The molecule has 0 unspecified atom stereocenters. The first-order valence-electron chi connectivity index (χ1n) is 9.61. The monoisotopic (exact) mass is 396 g/mol. The van der Waals surface area contributed by atoms with Gasteiger partial charge < -0.3 is 4.74 Å². The number of benzene rings is 2. The van der Waals surface area contributed by atoms with Crippen LogP contribution >= 0.6 is 0 Å². The molecule has 0 fully saturated rings. The van der Waals surface area contributed by atoms with Crippen LogP contribution in [0.25, 0.3) is 22.2 Å². The van der Waals surface area contributed by atoms with Crippen LogP contribution in [0, 0.1) is 0 Å². The number of nitrogens with zero attached hydrogens (tertiary/aromatic N) is 3. The third-order valence-corrected chi connectivity index (χ3v) is 4.49. The molecule has 0 aliphatic carbocycles. The van der Waals surface area contributed by atoms with E-state index in [1.165, 1.54) is 0 Å². The zero-order valence-electron chi connectivity index (χ0n) is 16.4. The fraction of sp³-hybridized carbons (Fsp3) is 0.0833. The summed E-state index contributed by atoms with van der Waals surface area (Å²) in [7, 11) is 0. The molecule has 0 aliphatic heterocycles. The van der Waals surface area contributed by atoms with E-state index in [-0.39, 0.29) is 5.91 Å². The van der Waals surface area contributed by atoms with Crippen molar-refractivity contribution in [1.29, 1.82) is 0 Å². The number of carbonyl (C=O) groups is 1. The highest BCUT2D eigenvalue weighted by molar-refractivity contribution is 6.07. The molecule has 1 amide bonds. The van der Waals surface area contributed by atoms with Crippen LogP contribution in [-0.2, 0) is 0 Å². The van der Waals surface area contributed by atoms with Crippen molar-refractivity contribution in [3.63, 3.8) is 0 Å². The second kappa shape index (κ2) is 8.96. The zero-order chi connectivity index (χ0) is 20.8. The molecule has 0 saturated carbocycles. The smallest absolute Gasteiger partial charge is 0.272 e. The molecular weight excluding hydrogens is 376 g/mol. The number of rotatable bonds is 6. The minimum Gasteiger partial charge on any atom is -0.493 e. The van der Waals surface area contributed by atoms with E-state index in [0.29, 0.717) is 17.9 Å². The van der Waals surface area contributed by atoms with Crippen LogP contribution in [0.3, 0.4) is 0 Å². The predicted molar refractivity (Wildman–Crippen MR) is 118 cm³/mol. The summed E-state index contributed by atoms with van der Waals surface area (Å²) in [5.74, 6) is 0.410. The van der Waals surface area contributed by atoms with Gasteiger partial charge in [0.1, 0.15) is 5.75 Å². The van der Waals surface area contributed by atoms with Crippen LogP contribution in [-0.4, -0.2) is 28.7 Å². The van der Waals surface area contributed by atoms with Crippen LogP contribution in [0.1, 0.15) is 22.8 Å². The predicted octanol–water partition coefficient (Wildman–Crippen LogP) is 4.46. The molecule has 0 aliphatic rings. The highest BCUT2D eigenvalue weighted by Gasteiger charge is 2.15. The fourth-order valence-corrected chi connectivity index (χ4v) is 3.14. The summed E-state index contributed by atoms with van der Waals surface area (Å²) in [6, 6.07) is 20.6. The standard InChI is InChI=1S/C24H20N4O2/c1-2-30-23-12-6-4-10-19(23)22-14-20(18-9-3-5-11-21(18)27-22)24(29)28-26-16-17-8-7-13-25-15-17/h3-16H,2H2,1H3,(H,28,29)/b26-16-. The van der Waals surface area contributed by atoms with Gasteiger partial charge in [0.15, 0.2) is 0 Å². The van der Waals surface area contributed by atoms with Crippen molar-refractivity contribution < 1.29 is 9.53 Å². The molecule has 2 aromatic heterocycles. The lowest BCUT2D eigenvalue weighted by Crippen LogP contribution is -2.18. The molecule has 6 nitrogen and oxygen atoms in total. The van der Waals surface area contributed by atoms with Crippen molar-refractivity contribution in [1.82, 2.24) is 15.4 Å². The van der Waals surface area contributed by atoms with Gasteiger partial charge in [0.05, 0.1) is 29.6 Å². The molecule has 6 heteroatoms. The third-order valence-electron chi connectivity index (χ3n) is 4.49. The Balaban J connectivity index is 1.72. The maximum atomic E-state index is 12.9. The number of hydrazone groups is 1. The molecule has 30 heavy (non-hydrogen) atoms. The molecule has 0 spiro atoms. The first-order chi connectivity index (χ1) is 14.8. The Morgan fingerprint density at radius 2 is 1.93 bits per heavy atom. The topological polar surface area (TPSA) is 76.5 Å². The Labute approximate surface area is 174 Å². The minimum atomic E-state index is -0.316. The van der Waals surface area contributed by atoms with Crippen LogP contribution in [0.2, 0.25) is 0 Å². The minimum absolute atomic E-state index is 0.316. The molecule has 4 aromatic rings. The lowest BCUT2D eigenvalue weighted by Gasteiger charge is -2.12. The largest absolute Gasteiger partial charge is 0.493 e. The summed E-state index contributed by atoms with van der Waals surface area (Å²) in [6.45, 7) is 2.48. The van der Waals surface area contributed by atoms with Crippen molar-refractivity contribution >= 4 is 23.0 Å². The summed E-state index contributed by atoms with van der Waals surface area (Å²) >= 11 is 0. The zero-order valence-corrected chi connectivity index (χ0v) is 16.4. The second-order valence-corrected chi connectivity index (χ2v) is 6.49. The van der Waals surface area contributed by atoms with Gasteiger partial charge >= 0.3 is 0 Å². The van der Waals surface area contributed by atoms with E-state index in [1.807, 2.05) is 67.6 Å². The Hall–Kier alpha value is -4.06. The number of fused-ring (bicyclic) bond motifs is 1. The van der Waals surface area contributed by atoms with Gasteiger partial charge in [-0.3, -0.25) is 9.78 Å². The average Bonchev–Trinajstić information content (AvgIpc) is 2.79.